The molecule has 0 aliphatic heterocycles. The Morgan fingerprint density at radius 2 is 0.826 bits per heavy atom. The Kier molecular flexibility index (Phi) is 8.02. The van der Waals surface area contributed by atoms with E-state index in [0.717, 1.165) is 55.7 Å². The maximum Gasteiger partial charge on any atom is 0.143 e. The summed E-state index contributed by atoms with van der Waals surface area (Å²) in [6.45, 7) is 0. The first-order chi connectivity index (χ1) is 34.2. The van der Waals surface area contributed by atoms with E-state index in [1.165, 1.54) is 82.4 Å². The number of rotatable bonds is 5. The average molecular weight is 876 g/mol. The van der Waals surface area contributed by atoms with Gasteiger partial charge in [-0.3, -0.25) is 0 Å². The number of para-hydroxylation sites is 1. The van der Waals surface area contributed by atoms with Crippen molar-refractivity contribution in [2.45, 2.75) is 5.41 Å². The highest BCUT2D eigenvalue weighted by atomic mass is 16.3. The fourth-order valence-corrected chi connectivity index (χ4v) is 12.4. The lowest BCUT2D eigenvalue weighted by atomic mass is 9.70. The third-order valence-corrected chi connectivity index (χ3v) is 15.2. The van der Waals surface area contributed by atoms with Gasteiger partial charge in [-0.25, -0.2) is 0 Å². The molecule has 13 aromatic rings. The Labute approximate surface area is 399 Å². The van der Waals surface area contributed by atoms with Crippen molar-refractivity contribution in [1.82, 2.24) is 0 Å². The molecule has 320 valence electrons. The van der Waals surface area contributed by atoms with Crippen molar-refractivity contribution in [3.8, 4) is 44.5 Å². The Morgan fingerprint density at radius 1 is 0.304 bits per heavy atom. The molecule has 1 spiro atoms. The first-order valence-electron chi connectivity index (χ1n) is 23.9. The first-order valence-corrected chi connectivity index (χ1v) is 23.9. The predicted molar refractivity (Wildman–Crippen MR) is 288 cm³/mol. The molecule has 1 heterocycles. The van der Waals surface area contributed by atoms with Crippen molar-refractivity contribution in [2.24, 2.45) is 0 Å². The SMILES string of the molecule is c1ccc(-c2ccccc2N(c2ccc3c(c2)C2(c4ccccc4-c4ccccc42)c2ccccc2-3)c2ccc3c(c2)oc2c(-c4cc5ccccc5c5ccccc45)c4ccccc4cc23)cc1. The molecule has 0 saturated heterocycles. The molecule has 2 heteroatoms. The van der Waals surface area contributed by atoms with Crippen LogP contribution in [0.2, 0.25) is 0 Å². The van der Waals surface area contributed by atoms with Crippen LogP contribution in [0.3, 0.4) is 0 Å². The highest BCUT2D eigenvalue weighted by Gasteiger charge is 2.51. The van der Waals surface area contributed by atoms with Crippen molar-refractivity contribution in [3.63, 3.8) is 0 Å². The van der Waals surface area contributed by atoms with Crippen molar-refractivity contribution < 1.29 is 4.42 Å². The molecular formula is C67H41NO. The Hall–Kier alpha value is -8.98. The van der Waals surface area contributed by atoms with Gasteiger partial charge in [-0.1, -0.05) is 200 Å². The standard InChI is InChI=1S/C67H41NO/c1-2-18-42(19-3-1)48-23-13-17-33-63(48)68(45-34-36-55-54-29-12-16-32-61(54)67(62(55)40-45)59-30-14-10-27-52(59)53-28-11-15-31-60(53)67)46-35-37-56-58-39-44-21-5-7-24-49(44)65(66(58)69-64(56)41-46)57-38-43-20-4-6-22-47(43)50-25-8-9-26-51(50)57/h1-41H. The molecule has 0 N–H and O–H groups in total. The minimum atomic E-state index is -0.478. The highest BCUT2D eigenvalue weighted by Crippen LogP contribution is 2.63. The molecule has 12 aromatic carbocycles. The van der Waals surface area contributed by atoms with Gasteiger partial charge in [0.05, 0.1) is 11.1 Å². The minimum absolute atomic E-state index is 0.478. The van der Waals surface area contributed by atoms with Gasteiger partial charge in [0.1, 0.15) is 11.2 Å². The van der Waals surface area contributed by atoms with Crippen molar-refractivity contribution in [3.05, 3.63) is 271 Å². The van der Waals surface area contributed by atoms with E-state index in [4.69, 9.17) is 4.42 Å². The van der Waals surface area contributed by atoms with Gasteiger partial charge >= 0.3 is 0 Å². The van der Waals surface area contributed by atoms with E-state index in [2.05, 4.69) is 254 Å². The topological polar surface area (TPSA) is 16.4 Å². The number of hydrogen-bond acceptors (Lipinski definition) is 2. The lowest BCUT2D eigenvalue weighted by molar-refractivity contribution is 0.670. The number of benzene rings is 12. The largest absolute Gasteiger partial charge is 0.455 e. The van der Waals surface area contributed by atoms with Crippen LogP contribution in [0, 0.1) is 0 Å². The summed E-state index contributed by atoms with van der Waals surface area (Å²) in [4.78, 5) is 2.45. The van der Waals surface area contributed by atoms with Crippen molar-refractivity contribution >= 4 is 71.3 Å². The van der Waals surface area contributed by atoms with Gasteiger partial charge in [0, 0.05) is 39.3 Å². The number of anilines is 3. The number of hydrogen-bond donors (Lipinski definition) is 0. The lowest BCUT2D eigenvalue weighted by Crippen LogP contribution is -2.26. The zero-order valence-corrected chi connectivity index (χ0v) is 37.5. The van der Waals surface area contributed by atoms with Crippen LogP contribution in [-0.2, 0) is 5.41 Å². The van der Waals surface area contributed by atoms with Crippen LogP contribution in [0.15, 0.2) is 253 Å². The maximum absolute atomic E-state index is 7.33. The van der Waals surface area contributed by atoms with Gasteiger partial charge < -0.3 is 9.32 Å². The van der Waals surface area contributed by atoms with Crippen molar-refractivity contribution in [1.29, 1.82) is 0 Å². The third kappa shape index (κ3) is 5.31. The minimum Gasteiger partial charge on any atom is -0.455 e. The van der Waals surface area contributed by atoms with E-state index in [9.17, 15) is 0 Å². The van der Waals surface area contributed by atoms with Gasteiger partial charge in [-0.05, 0) is 130 Å². The van der Waals surface area contributed by atoms with E-state index in [0.29, 0.717) is 0 Å². The van der Waals surface area contributed by atoms with Crippen LogP contribution < -0.4 is 4.90 Å². The van der Waals surface area contributed by atoms with Crippen LogP contribution in [0.4, 0.5) is 17.1 Å². The molecule has 2 nitrogen and oxygen atoms in total. The third-order valence-electron chi connectivity index (χ3n) is 15.2. The lowest BCUT2D eigenvalue weighted by Gasteiger charge is -2.32. The van der Waals surface area contributed by atoms with Gasteiger partial charge in [0.15, 0.2) is 0 Å². The second kappa shape index (κ2) is 14.5. The molecular weight excluding hydrogens is 835 g/mol. The van der Waals surface area contributed by atoms with E-state index in [1.54, 1.807) is 0 Å². The van der Waals surface area contributed by atoms with Crippen LogP contribution in [-0.4, -0.2) is 0 Å². The Bertz CT molecular complexity index is 4210. The van der Waals surface area contributed by atoms with Crippen LogP contribution >= 0.6 is 0 Å². The normalized spacial score (nSPS) is 13.0. The summed E-state index contributed by atoms with van der Waals surface area (Å²) in [5.41, 5.74) is 19.5. The monoisotopic (exact) mass is 875 g/mol. The molecule has 0 bridgehead atoms. The second-order valence-corrected chi connectivity index (χ2v) is 18.7. The molecule has 0 fully saturated rings. The first kappa shape index (κ1) is 38.2. The fraction of sp³-hybridized carbons (Fsp3) is 0.0149. The molecule has 15 rings (SSSR count). The second-order valence-electron chi connectivity index (χ2n) is 18.7. The Morgan fingerprint density at radius 3 is 1.54 bits per heavy atom. The summed E-state index contributed by atoms with van der Waals surface area (Å²) in [5, 5.41) is 9.46. The maximum atomic E-state index is 7.33. The Balaban J connectivity index is 0.999. The molecule has 0 amide bonds. The summed E-state index contributed by atoms with van der Waals surface area (Å²) in [6.07, 6.45) is 0. The van der Waals surface area contributed by atoms with Gasteiger partial charge in [-0.15, -0.1) is 0 Å². The molecule has 2 aliphatic rings. The molecule has 0 unspecified atom stereocenters. The predicted octanol–water partition coefficient (Wildman–Crippen LogP) is 18.2. The molecule has 2 aliphatic carbocycles. The van der Waals surface area contributed by atoms with Gasteiger partial charge in [-0.2, -0.15) is 0 Å². The van der Waals surface area contributed by atoms with E-state index >= 15 is 0 Å². The van der Waals surface area contributed by atoms with Gasteiger partial charge in [0.2, 0.25) is 0 Å². The van der Waals surface area contributed by atoms with Crippen LogP contribution in [0.1, 0.15) is 22.3 Å². The fourth-order valence-electron chi connectivity index (χ4n) is 12.4. The number of nitrogens with zero attached hydrogens (tertiary/aromatic N) is 1. The molecule has 69 heavy (non-hydrogen) atoms. The highest BCUT2D eigenvalue weighted by molar-refractivity contribution is 6.24. The summed E-state index contributed by atoms with van der Waals surface area (Å²) < 4.78 is 7.33. The summed E-state index contributed by atoms with van der Waals surface area (Å²) in [5.74, 6) is 0. The van der Waals surface area contributed by atoms with Crippen LogP contribution in [0.25, 0.3) is 98.8 Å². The molecule has 0 radical (unpaired) electrons. The van der Waals surface area contributed by atoms with E-state index in [-0.39, 0.29) is 0 Å². The quantitative estimate of drug-likeness (QED) is 0.160. The zero-order chi connectivity index (χ0) is 45.2. The van der Waals surface area contributed by atoms with E-state index in [1.807, 2.05) is 0 Å². The number of furan rings is 1. The number of fused-ring (bicyclic) bond motifs is 17. The zero-order valence-electron chi connectivity index (χ0n) is 37.5. The smallest absolute Gasteiger partial charge is 0.143 e. The van der Waals surface area contributed by atoms with E-state index < -0.39 is 5.41 Å². The summed E-state index contributed by atoms with van der Waals surface area (Å²) >= 11 is 0. The van der Waals surface area contributed by atoms with Crippen LogP contribution in [0.5, 0.6) is 0 Å². The summed E-state index contributed by atoms with van der Waals surface area (Å²) in [6, 6.07) is 91.7. The van der Waals surface area contributed by atoms with Gasteiger partial charge in [0.25, 0.3) is 0 Å². The molecule has 0 saturated carbocycles. The molecule has 0 atom stereocenters. The average Bonchev–Trinajstić information content (AvgIpc) is 4.04. The van der Waals surface area contributed by atoms with Crippen molar-refractivity contribution in [2.75, 3.05) is 4.90 Å². The summed E-state index contributed by atoms with van der Waals surface area (Å²) in [7, 11) is 0. The molecule has 1 aromatic heterocycles.